The minimum atomic E-state index is -0.831. The number of benzene rings is 1. The summed E-state index contributed by atoms with van der Waals surface area (Å²) in [5.41, 5.74) is 0.881. The average molecular weight is 237 g/mol. The van der Waals surface area contributed by atoms with Gasteiger partial charge in [-0.15, -0.1) is 0 Å². The van der Waals surface area contributed by atoms with Gasteiger partial charge in [0.1, 0.15) is 0 Å². The molecular weight excluding hydrogens is 222 g/mol. The zero-order valence-electron chi connectivity index (χ0n) is 9.77. The monoisotopic (exact) mass is 237 g/mol. The van der Waals surface area contributed by atoms with E-state index in [9.17, 15) is 4.79 Å². The largest absolute Gasteiger partial charge is 0.481 e. The molecule has 92 valence electrons. The molecule has 0 amide bonds. The lowest BCUT2D eigenvalue weighted by atomic mass is 9.94. The van der Waals surface area contributed by atoms with Crippen LogP contribution in [-0.4, -0.2) is 24.9 Å². The maximum Gasteiger partial charge on any atom is 0.308 e. The summed E-state index contributed by atoms with van der Waals surface area (Å²) in [5.74, 6) is 0.0225. The molecule has 1 heterocycles. The molecular formula is C12H15NO4. The van der Waals surface area contributed by atoms with Gasteiger partial charge in [-0.3, -0.25) is 4.79 Å². The molecule has 1 aliphatic heterocycles. The van der Waals surface area contributed by atoms with Crippen LogP contribution in [0, 0.1) is 5.92 Å². The molecule has 0 saturated carbocycles. The van der Waals surface area contributed by atoms with Gasteiger partial charge in [-0.05, 0) is 24.7 Å². The number of ether oxygens (including phenoxy) is 2. The highest BCUT2D eigenvalue weighted by Gasteiger charge is 2.25. The van der Waals surface area contributed by atoms with Crippen molar-refractivity contribution in [2.24, 2.45) is 5.92 Å². The van der Waals surface area contributed by atoms with Crippen molar-refractivity contribution in [1.29, 1.82) is 0 Å². The molecule has 2 N–H and O–H groups in total. The van der Waals surface area contributed by atoms with Crippen LogP contribution in [0.25, 0.3) is 0 Å². The third kappa shape index (κ3) is 2.19. The van der Waals surface area contributed by atoms with Crippen molar-refractivity contribution >= 4 is 5.97 Å². The van der Waals surface area contributed by atoms with Crippen molar-refractivity contribution in [2.75, 3.05) is 13.8 Å². The number of hydrogen-bond acceptors (Lipinski definition) is 4. The molecule has 1 aromatic rings. The number of nitrogens with one attached hydrogen (secondary N) is 1. The van der Waals surface area contributed by atoms with Gasteiger partial charge < -0.3 is 19.9 Å². The molecule has 0 bridgehead atoms. The SMILES string of the molecule is CNC(c1ccc2c(c1)OCO2)C(C)C(=O)O. The van der Waals surface area contributed by atoms with Crippen LogP contribution in [0.3, 0.4) is 0 Å². The van der Waals surface area contributed by atoms with E-state index in [0.717, 1.165) is 5.56 Å². The quantitative estimate of drug-likeness (QED) is 0.828. The van der Waals surface area contributed by atoms with Gasteiger partial charge in [0, 0.05) is 6.04 Å². The lowest BCUT2D eigenvalue weighted by molar-refractivity contribution is -0.142. The van der Waals surface area contributed by atoms with E-state index in [1.807, 2.05) is 12.1 Å². The zero-order valence-corrected chi connectivity index (χ0v) is 9.77. The molecule has 2 unspecified atom stereocenters. The number of rotatable bonds is 4. The van der Waals surface area contributed by atoms with Crippen LogP contribution in [0.5, 0.6) is 11.5 Å². The lowest BCUT2D eigenvalue weighted by Gasteiger charge is -2.20. The molecule has 0 aromatic heterocycles. The fourth-order valence-corrected chi connectivity index (χ4v) is 1.95. The van der Waals surface area contributed by atoms with Crippen LogP contribution in [-0.2, 0) is 4.79 Å². The van der Waals surface area contributed by atoms with Gasteiger partial charge in [0.25, 0.3) is 0 Å². The summed E-state index contributed by atoms with van der Waals surface area (Å²) < 4.78 is 10.5. The fourth-order valence-electron chi connectivity index (χ4n) is 1.95. The first-order valence-corrected chi connectivity index (χ1v) is 5.43. The summed E-state index contributed by atoms with van der Waals surface area (Å²) in [6, 6.07) is 5.23. The van der Waals surface area contributed by atoms with Crippen molar-refractivity contribution in [3.63, 3.8) is 0 Å². The fraction of sp³-hybridized carbons (Fsp3) is 0.417. The van der Waals surface area contributed by atoms with Crippen LogP contribution in [0.4, 0.5) is 0 Å². The predicted molar refractivity (Wildman–Crippen MR) is 61.2 cm³/mol. The summed E-state index contributed by atoms with van der Waals surface area (Å²) >= 11 is 0. The van der Waals surface area contributed by atoms with Crippen LogP contribution >= 0.6 is 0 Å². The van der Waals surface area contributed by atoms with Crippen LogP contribution in [0.1, 0.15) is 18.5 Å². The van der Waals surface area contributed by atoms with Crippen LogP contribution in [0.15, 0.2) is 18.2 Å². The minimum Gasteiger partial charge on any atom is -0.481 e. The summed E-state index contributed by atoms with van der Waals surface area (Å²) in [7, 11) is 1.74. The molecule has 2 rings (SSSR count). The molecule has 0 saturated heterocycles. The Balaban J connectivity index is 2.28. The molecule has 0 radical (unpaired) electrons. The van der Waals surface area contributed by atoms with E-state index in [2.05, 4.69) is 5.32 Å². The van der Waals surface area contributed by atoms with E-state index in [-0.39, 0.29) is 12.8 Å². The Morgan fingerprint density at radius 3 is 2.76 bits per heavy atom. The Morgan fingerprint density at radius 2 is 2.12 bits per heavy atom. The average Bonchev–Trinajstić information content (AvgIpc) is 2.77. The Hall–Kier alpha value is -1.75. The van der Waals surface area contributed by atoms with Crippen molar-refractivity contribution in [1.82, 2.24) is 5.32 Å². The Labute approximate surface area is 99.3 Å². The second-order valence-corrected chi connectivity index (χ2v) is 4.01. The normalized spacial score (nSPS) is 16.6. The minimum absolute atomic E-state index is 0.220. The van der Waals surface area contributed by atoms with E-state index >= 15 is 0 Å². The molecule has 17 heavy (non-hydrogen) atoms. The summed E-state index contributed by atoms with van der Waals surface area (Å²) in [5, 5.41) is 12.1. The third-order valence-corrected chi connectivity index (χ3v) is 2.96. The van der Waals surface area contributed by atoms with E-state index in [4.69, 9.17) is 14.6 Å². The summed E-state index contributed by atoms with van der Waals surface area (Å²) in [6.07, 6.45) is 0. The molecule has 5 nitrogen and oxygen atoms in total. The Bertz CT molecular complexity index is 433. The highest BCUT2D eigenvalue weighted by Crippen LogP contribution is 2.35. The van der Waals surface area contributed by atoms with E-state index in [1.54, 1.807) is 20.0 Å². The van der Waals surface area contributed by atoms with Crippen molar-refractivity contribution in [3.8, 4) is 11.5 Å². The number of carboxylic acids is 1. The highest BCUT2D eigenvalue weighted by molar-refractivity contribution is 5.71. The van der Waals surface area contributed by atoms with Crippen LogP contribution in [0.2, 0.25) is 0 Å². The van der Waals surface area contributed by atoms with Crippen LogP contribution < -0.4 is 14.8 Å². The molecule has 1 aromatic carbocycles. The first kappa shape index (κ1) is 11.7. The van der Waals surface area contributed by atoms with Gasteiger partial charge in [-0.1, -0.05) is 13.0 Å². The molecule has 1 aliphatic rings. The summed E-state index contributed by atoms with van der Waals surface area (Å²) in [6.45, 7) is 1.89. The molecule has 0 spiro atoms. The Kier molecular flexibility index (Phi) is 3.19. The van der Waals surface area contributed by atoms with Gasteiger partial charge in [-0.2, -0.15) is 0 Å². The third-order valence-electron chi connectivity index (χ3n) is 2.96. The van der Waals surface area contributed by atoms with Gasteiger partial charge in [0.2, 0.25) is 6.79 Å². The predicted octanol–water partition coefficient (Wildman–Crippen LogP) is 1.40. The highest BCUT2D eigenvalue weighted by atomic mass is 16.7. The maximum absolute atomic E-state index is 11.0. The van der Waals surface area contributed by atoms with Gasteiger partial charge in [0.15, 0.2) is 11.5 Å². The number of aliphatic carboxylic acids is 1. The number of carbonyl (C=O) groups is 1. The lowest BCUT2D eigenvalue weighted by Crippen LogP contribution is -2.28. The molecule has 5 heteroatoms. The second-order valence-electron chi connectivity index (χ2n) is 4.01. The van der Waals surface area contributed by atoms with Crippen molar-refractivity contribution in [3.05, 3.63) is 23.8 Å². The zero-order chi connectivity index (χ0) is 12.4. The van der Waals surface area contributed by atoms with Gasteiger partial charge in [0.05, 0.1) is 5.92 Å². The Morgan fingerprint density at radius 1 is 1.41 bits per heavy atom. The maximum atomic E-state index is 11.0. The van der Waals surface area contributed by atoms with E-state index in [1.165, 1.54) is 0 Å². The van der Waals surface area contributed by atoms with E-state index < -0.39 is 11.9 Å². The first-order chi connectivity index (χ1) is 8.13. The second kappa shape index (κ2) is 4.63. The topological polar surface area (TPSA) is 67.8 Å². The van der Waals surface area contributed by atoms with E-state index in [0.29, 0.717) is 11.5 Å². The number of hydrogen-bond donors (Lipinski definition) is 2. The number of fused-ring (bicyclic) bond motifs is 1. The molecule has 0 fully saturated rings. The van der Waals surface area contributed by atoms with Crippen molar-refractivity contribution in [2.45, 2.75) is 13.0 Å². The first-order valence-electron chi connectivity index (χ1n) is 5.43. The van der Waals surface area contributed by atoms with Crippen molar-refractivity contribution < 1.29 is 19.4 Å². The number of carboxylic acid groups (broad SMARTS) is 1. The smallest absolute Gasteiger partial charge is 0.308 e. The molecule has 2 atom stereocenters. The standard InChI is InChI=1S/C12H15NO4/c1-7(12(14)15)11(13-2)8-3-4-9-10(5-8)17-6-16-9/h3-5,7,11,13H,6H2,1-2H3,(H,14,15). The van der Waals surface area contributed by atoms with Gasteiger partial charge in [-0.25, -0.2) is 0 Å². The van der Waals surface area contributed by atoms with Gasteiger partial charge >= 0.3 is 5.97 Å². The summed E-state index contributed by atoms with van der Waals surface area (Å²) in [4.78, 5) is 11.0. The molecule has 0 aliphatic carbocycles.